The summed E-state index contributed by atoms with van der Waals surface area (Å²) < 4.78 is 4.87. The number of benzene rings is 1. The Bertz CT molecular complexity index is 924. The molecule has 154 valence electrons. The van der Waals surface area contributed by atoms with Gasteiger partial charge in [0.05, 0.1) is 11.0 Å². The van der Waals surface area contributed by atoms with Crippen LogP contribution in [0.4, 0.5) is 0 Å². The van der Waals surface area contributed by atoms with E-state index in [0.29, 0.717) is 19.5 Å². The lowest BCUT2D eigenvalue weighted by Crippen LogP contribution is -2.43. The number of aliphatic carboxylic acids is 1. The highest BCUT2D eigenvalue weighted by molar-refractivity contribution is 5.84. The van der Waals surface area contributed by atoms with E-state index < -0.39 is 11.4 Å². The number of fused-ring (bicyclic) bond motifs is 2. The monoisotopic (exact) mass is 400 g/mol. The maximum atomic E-state index is 12.7. The average Bonchev–Trinajstić information content (AvgIpc) is 3.36. The first kappa shape index (κ1) is 19.4. The number of para-hydroxylation sites is 2. The summed E-state index contributed by atoms with van der Waals surface area (Å²) in [5.74, 6) is -0.789. The van der Waals surface area contributed by atoms with Gasteiger partial charge in [-0.1, -0.05) is 12.1 Å². The maximum absolute atomic E-state index is 12.7. The van der Waals surface area contributed by atoms with E-state index in [0.717, 1.165) is 16.9 Å². The molecule has 3 heterocycles. The molecule has 9 heteroatoms. The zero-order chi connectivity index (χ0) is 20.6. The van der Waals surface area contributed by atoms with Crippen molar-refractivity contribution in [3.63, 3.8) is 0 Å². The van der Waals surface area contributed by atoms with Gasteiger partial charge in [-0.2, -0.15) is 0 Å². The number of carbonyl (C=O) groups is 3. The van der Waals surface area contributed by atoms with Gasteiger partial charge >= 0.3 is 5.97 Å². The third kappa shape index (κ3) is 3.46. The molecule has 2 aliphatic heterocycles. The quantitative estimate of drug-likeness (QED) is 0.730. The van der Waals surface area contributed by atoms with Crippen LogP contribution in [0.1, 0.15) is 12.2 Å². The second-order valence-electron chi connectivity index (χ2n) is 7.84. The highest BCUT2D eigenvalue weighted by atomic mass is 16.5. The number of rotatable bonds is 6. The molecule has 0 aliphatic carbocycles. The lowest BCUT2D eigenvalue weighted by Gasteiger charge is -2.25. The molecule has 4 rings (SSSR count). The first-order valence-corrected chi connectivity index (χ1v) is 9.64. The number of aromatic amines is 1. The predicted octanol–water partition coefficient (Wildman–Crippen LogP) is 0.514. The van der Waals surface area contributed by atoms with Crippen molar-refractivity contribution in [3.05, 3.63) is 30.1 Å². The van der Waals surface area contributed by atoms with Crippen LogP contribution in [0.25, 0.3) is 11.0 Å². The van der Waals surface area contributed by atoms with Crippen molar-refractivity contribution in [1.82, 2.24) is 19.8 Å². The molecule has 2 fully saturated rings. The molecular formula is C20H24N4O5. The van der Waals surface area contributed by atoms with Crippen LogP contribution < -0.4 is 0 Å². The molecule has 1 aromatic heterocycles. The number of hydrogen-bond donors (Lipinski definition) is 2. The normalized spacial score (nSPS) is 23.6. The van der Waals surface area contributed by atoms with Gasteiger partial charge in [0.2, 0.25) is 11.8 Å². The van der Waals surface area contributed by atoms with Gasteiger partial charge in [-0.05, 0) is 12.1 Å². The number of aryl methyl sites for hydroxylation is 1. The number of carboxylic acids is 1. The molecule has 29 heavy (non-hydrogen) atoms. The van der Waals surface area contributed by atoms with Crippen molar-refractivity contribution in [3.8, 4) is 0 Å². The van der Waals surface area contributed by atoms with E-state index in [-0.39, 0.29) is 43.8 Å². The van der Waals surface area contributed by atoms with Crippen molar-refractivity contribution < 1.29 is 24.2 Å². The standard InChI is InChI=1S/C20H24N4O5/c1-29-10-18(26)24-9-13-8-23(11-20(13,12-24)19(27)28)17(25)7-6-16-21-14-4-2-3-5-15(14)22-16/h2-5,13H,6-12H2,1H3,(H,21,22)(H,27,28)/t13-,20-/m0/s1. The summed E-state index contributed by atoms with van der Waals surface area (Å²) in [7, 11) is 1.43. The van der Waals surface area contributed by atoms with E-state index >= 15 is 0 Å². The summed E-state index contributed by atoms with van der Waals surface area (Å²) in [6.45, 7) is 0.859. The minimum atomic E-state index is -1.10. The van der Waals surface area contributed by atoms with Crippen molar-refractivity contribution in [2.75, 3.05) is 39.9 Å². The number of likely N-dealkylation sites (tertiary alicyclic amines) is 2. The van der Waals surface area contributed by atoms with Gasteiger partial charge in [0.1, 0.15) is 17.8 Å². The molecule has 2 amide bonds. The smallest absolute Gasteiger partial charge is 0.313 e. The van der Waals surface area contributed by atoms with Crippen LogP contribution in [0.2, 0.25) is 0 Å². The summed E-state index contributed by atoms with van der Waals surface area (Å²) in [6, 6.07) is 7.67. The molecule has 9 nitrogen and oxygen atoms in total. The highest BCUT2D eigenvalue weighted by Gasteiger charge is 2.59. The average molecular weight is 400 g/mol. The summed E-state index contributed by atoms with van der Waals surface area (Å²) in [4.78, 5) is 47.8. The number of imidazole rings is 1. The van der Waals surface area contributed by atoms with Crippen LogP contribution in [-0.4, -0.2) is 82.6 Å². The molecule has 0 bridgehead atoms. The van der Waals surface area contributed by atoms with Gasteiger partial charge < -0.3 is 24.6 Å². The van der Waals surface area contributed by atoms with Crippen LogP contribution >= 0.6 is 0 Å². The Hall–Kier alpha value is -2.94. The Morgan fingerprint density at radius 1 is 1.21 bits per heavy atom. The van der Waals surface area contributed by atoms with Gasteiger partial charge in [0, 0.05) is 52.0 Å². The summed E-state index contributed by atoms with van der Waals surface area (Å²) in [5, 5.41) is 9.87. The molecule has 0 saturated carbocycles. The van der Waals surface area contributed by atoms with Crippen LogP contribution in [-0.2, 0) is 25.5 Å². The second kappa shape index (κ2) is 7.47. The van der Waals surface area contributed by atoms with Crippen molar-refractivity contribution >= 4 is 28.8 Å². The van der Waals surface area contributed by atoms with Crippen LogP contribution in [0.3, 0.4) is 0 Å². The maximum Gasteiger partial charge on any atom is 0.313 e. The van der Waals surface area contributed by atoms with E-state index in [1.165, 1.54) is 7.11 Å². The van der Waals surface area contributed by atoms with Crippen LogP contribution in [0, 0.1) is 11.3 Å². The first-order valence-electron chi connectivity index (χ1n) is 9.64. The molecule has 2 atom stereocenters. The number of aromatic nitrogens is 2. The van der Waals surface area contributed by atoms with Crippen molar-refractivity contribution in [2.45, 2.75) is 12.8 Å². The third-order valence-electron chi connectivity index (χ3n) is 6.02. The predicted molar refractivity (Wildman–Crippen MR) is 103 cm³/mol. The lowest BCUT2D eigenvalue weighted by molar-refractivity contribution is -0.149. The minimum Gasteiger partial charge on any atom is -0.481 e. The van der Waals surface area contributed by atoms with E-state index in [4.69, 9.17) is 4.74 Å². The minimum absolute atomic E-state index is 0.0669. The van der Waals surface area contributed by atoms with Gasteiger partial charge in [0.25, 0.3) is 0 Å². The third-order valence-corrected chi connectivity index (χ3v) is 6.02. The van der Waals surface area contributed by atoms with Gasteiger partial charge in [-0.3, -0.25) is 14.4 Å². The number of methoxy groups -OCH3 is 1. The molecule has 0 spiro atoms. The number of amides is 2. The molecule has 0 unspecified atom stereocenters. The van der Waals surface area contributed by atoms with Gasteiger partial charge in [-0.15, -0.1) is 0 Å². The molecule has 2 N–H and O–H groups in total. The summed E-state index contributed by atoms with van der Waals surface area (Å²) >= 11 is 0. The van der Waals surface area contributed by atoms with Crippen LogP contribution in [0.15, 0.2) is 24.3 Å². The van der Waals surface area contributed by atoms with E-state index in [9.17, 15) is 19.5 Å². The van der Waals surface area contributed by atoms with E-state index in [1.807, 2.05) is 24.3 Å². The topological polar surface area (TPSA) is 116 Å². The van der Waals surface area contributed by atoms with E-state index in [1.54, 1.807) is 9.80 Å². The fourth-order valence-corrected chi connectivity index (χ4v) is 4.47. The Balaban J connectivity index is 1.40. The number of carbonyl (C=O) groups excluding carboxylic acids is 2. The number of carboxylic acid groups (broad SMARTS) is 1. The Morgan fingerprint density at radius 2 is 1.90 bits per heavy atom. The fourth-order valence-electron chi connectivity index (χ4n) is 4.47. The Kier molecular flexibility index (Phi) is 4.99. The largest absolute Gasteiger partial charge is 0.481 e. The van der Waals surface area contributed by atoms with Gasteiger partial charge in [-0.25, -0.2) is 4.98 Å². The number of H-pyrrole nitrogens is 1. The summed E-state index contributed by atoms with van der Waals surface area (Å²) in [5.41, 5.74) is 0.686. The number of hydrogen-bond acceptors (Lipinski definition) is 5. The molecule has 2 aromatic rings. The molecule has 1 aromatic carbocycles. The molecule has 2 saturated heterocycles. The first-order chi connectivity index (χ1) is 13.9. The molecular weight excluding hydrogens is 376 g/mol. The Morgan fingerprint density at radius 3 is 2.52 bits per heavy atom. The zero-order valence-corrected chi connectivity index (χ0v) is 16.3. The number of nitrogens with one attached hydrogen (secondary N) is 1. The second-order valence-corrected chi connectivity index (χ2v) is 7.84. The number of ether oxygens (including phenoxy) is 1. The summed E-state index contributed by atoms with van der Waals surface area (Å²) in [6.07, 6.45) is 0.724. The fraction of sp³-hybridized carbons (Fsp3) is 0.500. The molecule has 0 radical (unpaired) electrons. The number of nitrogens with zero attached hydrogens (tertiary/aromatic N) is 3. The van der Waals surface area contributed by atoms with Crippen molar-refractivity contribution in [2.24, 2.45) is 11.3 Å². The molecule has 2 aliphatic rings. The highest BCUT2D eigenvalue weighted by Crippen LogP contribution is 2.43. The Labute approximate surface area is 167 Å². The zero-order valence-electron chi connectivity index (χ0n) is 16.3. The lowest BCUT2D eigenvalue weighted by atomic mass is 9.81. The van der Waals surface area contributed by atoms with Crippen molar-refractivity contribution in [1.29, 1.82) is 0 Å². The van der Waals surface area contributed by atoms with E-state index in [2.05, 4.69) is 9.97 Å². The SMILES string of the molecule is COCC(=O)N1C[C@@H]2CN(C(=O)CCc3nc4ccccc4[nH]3)C[C@]2(C(=O)O)C1. The van der Waals surface area contributed by atoms with Gasteiger partial charge in [0.15, 0.2) is 0 Å². The van der Waals surface area contributed by atoms with Crippen LogP contribution in [0.5, 0.6) is 0 Å².